The first-order chi connectivity index (χ1) is 11.4. The zero-order chi connectivity index (χ0) is 18.6. The predicted molar refractivity (Wildman–Crippen MR) is 89.0 cm³/mol. The second-order valence-electron chi connectivity index (χ2n) is 5.31. The number of nitrogens with two attached hydrogens (primary N) is 1. The maximum atomic E-state index is 12.2. The molecule has 1 heterocycles. The van der Waals surface area contributed by atoms with Crippen LogP contribution in [0.4, 0.5) is 0 Å². The van der Waals surface area contributed by atoms with Crippen LogP contribution in [0.3, 0.4) is 0 Å². The number of aliphatic carboxylic acids is 1. The Bertz CT molecular complexity index is 591. The maximum Gasteiger partial charge on any atom is 0.321 e. The molecule has 0 radical (unpaired) electrons. The van der Waals surface area contributed by atoms with Gasteiger partial charge in [0.25, 0.3) is 0 Å². The molecule has 1 aromatic heterocycles. The Morgan fingerprint density at radius 1 is 1.29 bits per heavy atom. The molecule has 0 bridgehead atoms. The number of pyridine rings is 1. The van der Waals surface area contributed by atoms with Crippen molar-refractivity contribution in [3.05, 3.63) is 35.3 Å². The molecule has 8 nitrogen and oxygen atoms in total. The average Bonchev–Trinajstić information content (AvgIpc) is 2.55. The minimum atomic E-state index is -3.78. The second-order valence-corrected chi connectivity index (χ2v) is 7.61. The van der Waals surface area contributed by atoms with E-state index in [4.69, 9.17) is 5.21 Å². The smallest absolute Gasteiger partial charge is 0.321 e. The van der Waals surface area contributed by atoms with Gasteiger partial charge >= 0.3 is 5.97 Å². The summed E-state index contributed by atoms with van der Waals surface area (Å²) in [6.45, 7) is 2.03. The van der Waals surface area contributed by atoms with Crippen molar-refractivity contribution in [3.8, 4) is 0 Å². The predicted octanol–water partition coefficient (Wildman–Crippen LogP) is 1.04. The normalized spacial score (nSPS) is 12.1. The summed E-state index contributed by atoms with van der Waals surface area (Å²) in [7, 11) is -3.78. The van der Waals surface area contributed by atoms with Gasteiger partial charge in [-0.2, -0.15) is 4.73 Å². The number of hydrogen-bond donors (Lipinski definition) is 3. The van der Waals surface area contributed by atoms with Gasteiger partial charge < -0.3 is 15.5 Å². The molecule has 0 aliphatic carbocycles. The molecule has 1 rings (SSSR count). The van der Waals surface area contributed by atoms with Crippen molar-refractivity contribution < 1.29 is 28.3 Å². The third-order valence-corrected chi connectivity index (χ3v) is 5.65. The van der Waals surface area contributed by atoms with Crippen molar-refractivity contribution in [2.45, 2.75) is 50.7 Å². The summed E-state index contributed by atoms with van der Waals surface area (Å²) in [5.74, 6) is 1.86. The Morgan fingerprint density at radius 3 is 2.50 bits per heavy atom. The van der Waals surface area contributed by atoms with Crippen LogP contribution in [0.2, 0.25) is 0 Å². The molecule has 0 aliphatic heterocycles. The van der Waals surface area contributed by atoms with Gasteiger partial charge in [0.05, 0.1) is 5.75 Å². The SMILES string of the molecule is CCCCCCC(C(=O)O)S(=O)(=O)CCc1cccc[n+]1[O-].NO. The number of unbranched alkanes of at least 4 members (excludes halogenated alkanes) is 3. The van der Waals surface area contributed by atoms with E-state index in [2.05, 4.69) is 5.90 Å². The number of carboxylic acid groups (broad SMARTS) is 1. The fraction of sp³-hybridized carbons (Fsp3) is 0.600. The number of sulfone groups is 1. The van der Waals surface area contributed by atoms with Crippen LogP contribution in [-0.2, 0) is 21.1 Å². The number of carbonyl (C=O) groups is 1. The van der Waals surface area contributed by atoms with Crippen LogP contribution in [0.5, 0.6) is 0 Å². The molecular formula is C15H26N2O6S. The maximum absolute atomic E-state index is 12.2. The first-order valence-electron chi connectivity index (χ1n) is 7.75. The van der Waals surface area contributed by atoms with Gasteiger partial charge in [-0.15, -0.1) is 0 Å². The van der Waals surface area contributed by atoms with Gasteiger partial charge in [-0.1, -0.05) is 38.7 Å². The lowest BCUT2D eigenvalue weighted by Crippen LogP contribution is -2.36. The molecule has 0 aliphatic rings. The molecule has 0 saturated heterocycles. The minimum Gasteiger partial charge on any atom is -0.619 e. The Kier molecular flexibility index (Phi) is 10.9. The van der Waals surface area contributed by atoms with Crippen molar-refractivity contribution >= 4 is 15.8 Å². The molecule has 0 saturated carbocycles. The van der Waals surface area contributed by atoms with Crippen LogP contribution < -0.4 is 10.6 Å². The highest BCUT2D eigenvalue weighted by Gasteiger charge is 2.32. The number of carboxylic acids is 1. The Balaban J connectivity index is 0.00000254. The molecule has 0 fully saturated rings. The number of aryl methyl sites for hydroxylation is 1. The summed E-state index contributed by atoms with van der Waals surface area (Å²) in [6, 6.07) is 4.74. The van der Waals surface area contributed by atoms with Gasteiger partial charge in [-0.05, 0) is 6.42 Å². The third-order valence-electron chi connectivity index (χ3n) is 3.58. The highest BCUT2D eigenvalue weighted by Crippen LogP contribution is 2.14. The lowest BCUT2D eigenvalue weighted by Gasteiger charge is -2.13. The summed E-state index contributed by atoms with van der Waals surface area (Å²) in [4.78, 5) is 11.2. The van der Waals surface area contributed by atoms with E-state index in [0.717, 1.165) is 19.3 Å². The quantitative estimate of drug-likeness (QED) is 0.244. The number of hydrogen-bond acceptors (Lipinski definition) is 6. The fourth-order valence-electron chi connectivity index (χ4n) is 2.26. The van der Waals surface area contributed by atoms with Gasteiger partial charge in [0.15, 0.2) is 27.0 Å². The van der Waals surface area contributed by atoms with Gasteiger partial charge in [0, 0.05) is 18.6 Å². The van der Waals surface area contributed by atoms with Crippen LogP contribution in [-0.4, -0.2) is 35.7 Å². The van der Waals surface area contributed by atoms with E-state index in [1.54, 1.807) is 18.2 Å². The molecule has 24 heavy (non-hydrogen) atoms. The molecule has 1 unspecified atom stereocenters. The van der Waals surface area contributed by atoms with Gasteiger partial charge in [0.2, 0.25) is 0 Å². The van der Waals surface area contributed by atoms with E-state index >= 15 is 0 Å². The average molecular weight is 362 g/mol. The monoisotopic (exact) mass is 362 g/mol. The molecule has 9 heteroatoms. The zero-order valence-electron chi connectivity index (χ0n) is 13.8. The minimum absolute atomic E-state index is 0.0193. The summed E-state index contributed by atoms with van der Waals surface area (Å²) >= 11 is 0. The van der Waals surface area contributed by atoms with Crippen molar-refractivity contribution in [2.24, 2.45) is 5.90 Å². The first-order valence-corrected chi connectivity index (χ1v) is 9.47. The highest BCUT2D eigenvalue weighted by molar-refractivity contribution is 7.92. The molecule has 4 N–H and O–H groups in total. The van der Waals surface area contributed by atoms with E-state index in [-0.39, 0.29) is 18.6 Å². The molecule has 1 aromatic rings. The van der Waals surface area contributed by atoms with E-state index in [1.165, 1.54) is 6.20 Å². The summed E-state index contributed by atoms with van der Waals surface area (Å²) < 4.78 is 25.1. The number of aromatic nitrogens is 1. The van der Waals surface area contributed by atoms with Crippen molar-refractivity contribution in [1.29, 1.82) is 0 Å². The molecule has 0 amide bonds. The summed E-state index contributed by atoms with van der Waals surface area (Å²) in [5, 5.41) is 25.8. The van der Waals surface area contributed by atoms with Crippen LogP contribution in [0.1, 0.15) is 44.7 Å². The molecule has 0 spiro atoms. The van der Waals surface area contributed by atoms with Gasteiger partial charge in [0.1, 0.15) is 0 Å². The Labute approximate surface area is 142 Å². The largest absolute Gasteiger partial charge is 0.619 e. The van der Waals surface area contributed by atoms with Gasteiger partial charge in [-0.3, -0.25) is 4.79 Å². The molecule has 0 aromatic carbocycles. The lowest BCUT2D eigenvalue weighted by molar-refractivity contribution is -0.613. The summed E-state index contributed by atoms with van der Waals surface area (Å²) in [6.07, 6.45) is 4.82. The third kappa shape index (κ3) is 7.71. The highest BCUT2D eigenvalue weighted by atomic mass is 32.2. The van der Waals surface area contributed by atoms with Crippen molar-refractivity contribution in [3.63, 3.8) is 0 Å². The first kappa shape index (κ1) is 22.3. The van der Waals surface area contributed by atoms with E-state index < -0.39 is 21.1 Å². The Hall–Kier alpha value is -1.71. The Morgan fingerprint density at radius 2 is 1.96 bits per heavy atom. The van der Waals surface area contributed by atoms with Crippen LogP contribution in [0, 0.1) is 5.21 Å². The fourth-order valence-corrected chi connectivity index (χ4v) is 3.87. The number of rotatable bonds is 10. The van der Waals surface area contributed by atoms with E-state index in [1.807, 2.05) is 6.92 Å². The zero-order valence-corrected chi connectivity index (χ0v) is 14.6. The van der Waals surface area contributed by atoms with Crippen molar-refractivity contribution in [2.75, 3.05) is 5.75 Å². The van der Waals surface area contributed by atoms with Gasteiger partial charge in [-0.25, -0.2) is 14.3 Å². The topological polar surface area (TPSA) is 145 Å². The second kappa shape index (κ2) is 11.8. The molecule has 138 valence electrons. The molecular weight excluding hydrogens is 336 g/mol. The summed E-state index contributed by atoms with van der Waals surface area (Å²) in [5.41, 5.74) is 0.321. The van der Waals surface area contributed by atoms with E-state index in [9.17, 15) is 23.5 Å². The van der Waals surface area contributed by atoms with Crippen LogP contribution in [0.15, 0.2) is 24.4 Å². The number of nitrogens with zero attached hydrogens (tertiary/aromatic N) is 1. The van der Waals surface area contributed by atoms with Crippen molar-refractivity contribution in [1.82, 2.24) is 0 Å². The lowest BCUT2D eigenvalue weighted by atomic mass is 10.1. The van der Waals surface area contributed by atoms with E-state index in [0.29, 0.717) is 16.8 Å². The molecule has 1 atom stereocenters. The standard InChI is InChI=1S/C15H23NO5S.H3NO/c1-2-3-4-5-9-14(15(17)18)22(20,21)12-10-13-8-6-7-11-16(13)19;1-2/h6-8,11,14H,2-5,9-10,12H2,1H3,(H,17,18);2H,1H2. The van der Waals surface area contributed by atoms with Crippen LogP contribution in [0.25, 0.3) is 0 Å². The van der Waals surface area contributed by atoms with Crippen LogP contribution >= 0.6 is 0 Å².